The van der Waals surface area contributed by atoms with Crippen LogP contribution in [0, 0.1) is 5.41 Å². The Kier molecular flexibility index (Phi) is 6.34. The summed E-state index contributed by atoms with van der Waals surface area (Å²) in [5, 5.41) is 11.6. The molecule has 2 fully saturated rings. The normalized spacial score (nSPS) is 20.5. The van der Waals surface area contributed by atoms with Crippen LogP contribution in [0.15, 0.2) is 17.3 Å². The Bertz CT molecular complexity index is 558. The molecule has 6 heteroatoms. The molecular weight excluding hydrogens is 314 g/mol. The van der Waals surface area contributed by atoms with Gasteiger partial charge in [0.1, 0.15) is 0 Å². The summed E-state index contributed by atoms with van der Waals surface area (Å²) in [6.07, 6.45) is 12.3. The highest BCUT2D eigenvalue weighted by atomic mass is 16.5. The highest BCUT2D eigenvalue weighted by Gasteiger charge is 2.36. The largest absolute Gasteiger partial charge is 0.385 e. The van der Waals surface area contributed by atoms with Crippen LogP contribution in [0.3, 0.4) is 0 Å². The minimum Gasteiger partial charge on any atom is -0.385 e. The van der Waals surface area contributed by atoms with E-state index in [1.165, 1.54) is 44.9 Å². The van der Waals surface area contributed by atoms with Crippen LogP contribution in [0.2, 0.25) is 0 Å². The van der Waals surface area contributed by atoms with Crippen molar-refractivity contribution in [2.75, 3.05) is 27.3 Å². The lowest BCUT2D eigenvalue weighted by Crippen LogP contribution is -2.46. The van der Waals surface area contributed by atoms with Gasteiger partial charge in [-0.15, -0.1) is 0 Å². The second-order valence-electron chi connectivity index (χ2n) is 7.60. The van der Waals surface area contributed by atoms with Crippen LogP contribution < -0.4 is 10.6 Å². The van der Waals surface area contributed by atoms with Crippen molar-refractivity contribution in [2.45, 2.75) is 64.0 Å². The molecule has 0 bridgehead atoms. The van der Waals surface area contributed by atoms with Crippen molar-refractivity contribution >= 4 is 5.96 Å². The molecule has 0 spiro atoms. The maximum Gasteiger partial charge on any atom is 0.191 e. The van der Waals surface area contributed by atoms with Crippen LogP contribution >= 0.6 is 0 Å². The number of rotatable bonds is 8. The van der Waals surface area contributed by atoms with Crippen LogP contribution in [-0.4, -0.2) is 43.0 Å². The number of methoxy groups -OCH3 is 1. The molecule has 0 amide bonds. The number of aromatic nitrogens is 2. The standard InChI is InChI=1S/C19H33N5O/c1-20-18(22-15-19(9-5-10-19)11-13-25-2)21-14-16-8-12-24(23-16)17-6-3-4-7-17/h8,12,17H,3-7,9-11,13-15H2,1-2H3,(H2,20,21,22). The van der Waals surface area contributed by atoms with Crippen LogP contribution in [0.25, 0.3) is 0 Å². The molecule has 2 saturated carbocycles. The Morgan fingerprint density at radius 3 is 2.76 bits per heavy atom. The van der Waals surface area contributed by atoms with Crippen molar-refractivity contribution < 1.29 is 4.74 Å². The summed E-state index contributed by atoms with van der Waals surface area (Å²) in [6.45, 7) is 2.52. The number of guanidine groups is 1. The highest BCUT2D eigenvalue weighted by molar-refractivity contribution is 5.79. The molecular formula is C19H33N5O. The first kappa shape index (κ1) is 18.2. The molecule has 0 unspecified atom stereocenters. The lowest BCUT2D eigenvalue weighted by molar-refractivity contribution is 0.0732. The van der Waals surface area contributed by atoms with E-state index in [9.17, 15) is 0 Å². The zero-order valence-corrected chi connectivity index (χ0v) is 15.8. The Morgan fingerprint density at radius 1 is 1.32 bits per heavy atom. The highest BCUT2D eigenvalue weighted by Crippen LogP contribution is 2.43. The minimum atomic E-state index is 0.387. The van der Waals surface area contributed by atoms with Gasteiger partial charge in [-0.05, 0) is 43.6 Å². The van der Waals surface area contributed by atoms with E-state index < -0.39 is 0 Å². The van der Waals surface area contributed by atoms with Gasteiger partial charge in [0, 0.05) is 33.5 Å². The fraction of sp³-hybridized carbons (Fsp3) is 0.789. The molecule has 25 heavy (non-hydrogen) atoms. The summed E-state index contributed by atoms with van der Waals surface area (Å²) < 4.78 is 7.42. The predicted molar refractivity (Wildman–Crippen MR) is 101 cm³/mol. The predicted octanol–water partition coefficient (Wildman–Crippen LogP) is 2.87. The molecule has 0 saturated heterocycles. The molecule has 0 aromatic carbocycles. The number of hydrogen-bond acceptors (Lipinski definition) is 3. The van der Waals surface area contributed by atoms with Crippen molar-refractivity contribution in [3.63, 3.8) is 0 Å². The van der Waals surface area contributed by atoms with Crippen molar-refractivity contribution in [1.29, 1.82) is 0 Å². The maximum atomic E-state index is 5.27. The monoisotopic (exact) mass is 347 g/mol. The minimum absolute atomic E-state index is 0.387. The average molecular weight is 348 g/mol. The van der Waals surface area contributed by atoms with Crippen LogP contribution in [0.4, 0.5) is 0 Å². The van der Waals surface area contributed by atoms with Crippen LogP contribution in [0.1, 0.15) is 63.1 Å². The molecule has 6 nitrogen and oxygen atoms in total. The Balaban J connectivity index is 1.44. The Morgan fingerprint density at radius 2 is 2.12 bits per heavy atom. The Labute approximate surface area is 151 Å². The van der Waals surface area contributed by atoms with E-state index in [2.05, 4.69) is 32.6 Å². The molecule has 1 heterocycles. The SMILES string of the molecule is CN=C(NCc1ccn(C2CCCC2)n1)NCC1(CCOC)CCC1. The van der Waals surface area contributed by atoms with Gasteiger partial charge in [0.2, 0.25) is 0 Å². The zero-order chi connectivity index (χ0) is 17.5. The quantitative estimate of drug-likeness (QED) is 0.561. The molecule has 2 N–H and O–H groups in total. The smallest absolute Gasteiger partial charge is 0.191 e. The third kappa shape index (κ3) is 4.75. The van der Waals surface area contributed by atoms with E-state index in [4.69, 9.17) is 9.84 Å². The first-order valence-electron chi connectivity index (χ1n) is 9.72. The lowest BCUT2D eigenvalue weighted by atomic mass is 9.67. The van der Waals surface area contributed by atoms with Gasteiger partial charge in [0.05, 0.1) is 18.3 Å². The van der Waals surface area contributed by atoms with E-state index in [1.807, 2.05) is 7.05 Å². The lowest BCUT2D eigenvalue weighted by Gasteiger charge is -2.42. The molecule has 0 radical (unpaired) electrons. The van der Waals surface area contributed by atoms with E-state index >= 15 is 0 Å². The molecule has 2 aliphatic carbocycles. The van der Waals surface area contributed by atoms with Crippen LogP contribution in [0.5, 0.6) is 0 Å². The van der Waals surface area contributed by atoms with Crippen molar-refractivity contribution in [3.05, 3.63) is 18.0 Å². The van der Waals surface area contributed by atoms with Gasteiger partial charge in [-0.1, -0.05) is 19.3 Å². The Hall–Kier alpha value is -1.56. The average Bonchev–Trinajstić information content (AvgIpc) is 3.27. The van der Waals surface area contributed by atoms with Gasteiger partial charge in [-0.3, -0.25) is 9.67 Å². The van der Waals surface area contributed by atoms with Gasteiger partial charge in [-0.25, -0.2) is 0 Å². The molecule has 0 aliphatic heterocycles. The summed E-state index contributed by atoms with van der Waals surface area (Å²) in [7, 11) is 3.61. The molecule has 2 aliphatic rings. The summed E-state index contributed by atoms with van der Waals surface area (Å²) >= 11 is 0. The first-order valence-corrected chi connectivity index (χ1v) is 9.72. The van der Waals surface area contributed by atoms with Gasteiger partial charge in [0.25, 0.3) is 0 Å². The second-order valence-corrected chi connectivity index (χ2v) is 7.60. The van der Waals surface area contributed by atoms with E-state index in [1.54, 1.807) is 7.11 Å². The summed E-state index contributed by atoms with van der Waals surface area (Å²) in [5.41, 5.74) is 1.46. The van der Waals surface area contributed by atoms with Gasteiger partial charge in [0.15, 0.2) is 5.96 Å². The first-order chi connectivity index (χ1) is 12.2. The number of nitrogens with zero attached hydrogens (tertiary/aromatic N) is 3. The maximum absolute atomic E-state index is 5.27. The zero-order valence-electron chi connectivity index (χ0n) is 15.8. The second kappa shape index (κ2) is 8.70. The van der Waals surface area contributed by atoms with E-state index in [0.717, 1.165) is 31.2 Å². The van der Waals surface area contributed by atoms with Crippen molar-refractivity contribution in [2.24, 2.45) is 10.4 Å². The number of ether oxygens (including phenoxy) is 1. The molecule has 0 atom stereocenters. The topological polar surface area (TPSA) is 63.5 Å². The van der Waals surface area contributed by atoms with Crippen molar-refractivity contribution in [3.8, 4) is 0 Å². The summed E-state index contributed by atoms with van der Waals surface area (Å²) in [6, 6.07) is 2.72. The summed E-state index contributed by atoms with van der Waals surface area (Å²) in [4.78, 5) is 4.36. The van der Waals surface area contributed by atoms with Crippen molar-refractivity contribution in [1.82, 2.24) is 20.4 Å². The van der Waals surface area contributed by atoms with Crippen LogP contribution in [-0.2, 0) is 11.3 Å². The third-order valence-electron chi connectivity index (χ3n) is 5.90. The molecule has 1 aromatic heterocycles. The number of nitrogens with one attached hydrogen (secondary N) is 2. The van der Waals surface area contributed by atoms with Gasteiger partial charge in [-0.2, -0.15) is 5.10 Å². The van der Waals surface area contributed by atoms with Gasteiger partial charge < -0.3 is 15.4 Å². The molecule has 1 aromatic rings. The number of hydrogen-bond donors (Lipinski definition) is 2. The summed E-state index contributed by atoms with van der Waals surface area (Å²) in [5.74, 6) is 0.860. The third-order valence-corrected chi connectivity index (χ3v) is 5.90. The molecule has 3 rings (SSSR count). The fourth-order valence-corrected chi connectivity index (χ4v) is 4.02. The van der Waals surface area contributed by atoms with E-state index in [0.29, 0.717) is 18.0 Å². The van der Waals surface area contributed by atoms with E-state index in [-0.39, 0.29) is 0 Å². The fourth-order valence-electron chi connectivity index (χ4n) is 4.02. The molecule has 140 valence electrons. The van der Waals surface area contributed by atoms with Gasteiger partial charge >= 0.3 is 0 Å². The number of aliphatic imine (C=N–C) groups is 1.